The highest BCUT2D eigenvalue weighted by atomic mass is 15.2. The van der Waals surface area contributed by atoms with Crippen LogP contribution in [0.25, 0.3) is 0 Å². The Hall–Kier alpha value is -1.84. The van der Waals surface area contributed by atoms with E-state index in [-0.39, 0.29) is 0 Å². The Labute approximate surface area is 89.0 Å². The van der Waals surface area contributed by atoms with Crippen LogP contribution in [-0.4, -0.2) is 21.3 Å². The van der Waals surface area contributed by atoms with Gasteiger partial charge in [-0.25, -0.2) is 0 Å². The largest absolute Gasteiger partial charge is 0.385 e. The highest BCUT2D eigenvalue weighted by Crippen LogP contribution is 2.04. The van der Waals surface area contributed by atoms with Gasteiger partial charge in [0, 0.05) is 37.9 Å². The molecule has 0 amide bonds. The normalized spacial score (nSPS) is 10.2. The number of anilines is 1. The SMILES string of the molecule is Cn1cc(CCNc2ccncc2)cn1. The van der Waals surface area contributed by atoms with Crippen LogP contribution in [0.4, 0.5) is 5.69 Å². The summed E-state index contributed by atoms with van der Waals surface area (Å²) in [5.41, 5.74) is 2.35. The van der Waals surface area contributed by atoms with Gasteiger partial charge in [-0.2, -0.15) is 5.10 Å². The number of aryl methyl sites for hydroxylation is 1. The average molecular weight is 202 g/mol. The maximum Gasteiger partial charge on any atom is 0.0522 e. The van der Waals surface area contributed by atoms with E-state index in [0.717, 1.165) is 18.7 Å². The van der Waals surface area contributed by atoms with Crippen molar-refractivity contribution in [2.24, 2.45) is 7.05 Å². The molecule has 0 aliphatic carbocycles. The minimum atomic E-state index is 0.912. The van der Waals surface area contributed by atoms with Gasteiger partial charge >= 0.3 is 0 Å². The molecule has 0 radical (unpaired) electrons. The third-order valence-corrected chi connectivity index (χ3v) is 2.18. The summed E-state index contributed by atoms with van der Waals surface area (Å²) in [4.78, 5) is 3.96. The van der Waals surface area contributed by atoms with Crippen LogP contribution in [0.3, 0.4) is 0 Å². The summed E-state index contributed by atoms with van der Waals surface area (Å²) in [7, 11) is 1.93. The Kier molecular flexibility index (Phi) is 2.97. The van der Waals surface area contributed by atoms with Gasteiger partial charge in [-0.05, 0) is 24.1 Å². The molecular weight excluding hydrogens is 188 g/mol. The molecule has 0 unspecified atom stereocenters. The Morgan fingerprint density at radius 1 is 1.33 bits per heavy atom. The fourth-order valence-electron chi connectivity index (χ4n) is 1.42. The molecule has 0 saturated heterocycles. The van der Waals surface area contributed by atoms with Crippen molar-refractivity contribution in [1.29, 1.82) is 0 Å². The van der Waals surface area contributed by atoms with E-state index in [9.17, 15) is 0 Å². The zero-order valence-corrected chi connectivity index (χ0v) is 8.72. The van der Waals surface area contributed by atoms with Gasteiger partial charge in [0.25, 0.3) is 0 Å². The highest BCUT2D eigenvalue weighted by molar-refractivity contribution is 5.40. The van der Waals surface area contributed by atoms with Crippen molar-refractivity contribution in [3.8, 4) is 0 Å². The molecule has 1 N–H and O–H groups in total. The quantitative estimate of drug-likeness (QED) is 0.816. The van der Waals surface area contributed by atoms with Crippen LogP contribution in [0.1, 0.15) is 5.56 Å². The smallest absolute Gasteiger partial charge is 0.0522 e. The third kappa shape index (κ3) is 2.80. The Morgan fingerprint density at radius 3 is 2.80 bits per heavy atom. The second-order valence-electron chi connectivity index (χ2n) is 3.43. The van der Waals surface area contributed by atoms with E-state index in [2.05, 4.69) is 15.4 Å². The van der Waals surface area contributed by atoms with Crippen molar-refractivity contribution in [3.63, 3.8) is 0 Å². The molecule has 0 aliphatic heterocycles. The van der Waals surface area contributed by atoms with Gasteiger partial charge in [-0.1, -0.05) is 0 Å². The van der Waals surface area contributed by atoms with Gasteiger partial charge < -0.3 is 5.32 Å². The van der Waals surface area contributed by atoms with Crippen molar-refractivity contribution >= 4 is 5.69 Å². The van der Waals surface area contributed by atoms with Crippen molar-refractivity contribution < 1.29 is 0 Å². The average Bonchev–Trinajstić information content (AvgIpc) is 2.66. The van der Waals surface area contributed by atoms with E-state index in [1.807, 2.05) is 36.3 Å². The lowest BCUT2D eigenvalue weighted by molar-refractivity contribution is 0.767. The minimum Gasteiger partial charge on any atom is -0.385 e. The molecule has 4 nitrogen and oxygen atoms in total. The predicted molar refractivity (Wildman–Crippen MR) is 59.6 cm³/mol. The summed E-state index contributed by atoms with van der Waals surface area (Å²) in [5.74, 6) is 0. The monoisotopic (exact) mass is 202 g/mol. The maximum atomic E-state index is 4.12. The van der Waals surface area contributed by atoms with E-state index in [0.29, 0.717) is 0 Å². The summed E-state index contributed by atoms with van der Waals surface area (Å²) < 4.78 is 1.82. The molecule has 0 saturated carbocycles. The Balaban J connectivity index is 1.80. The summed E-state index contributed by atoms with van der Waals surface area (Å²) >= 11 is 0. The maximum absolute atomic E-state index is 4.12. The first-order valence-electron chi connectivity index (χ1n) is 4.96. The Bertz CT molecular complexity index is 408. The standard InChI is InChI=1S/C11H14N4/c1-15-9-10(8-14-15)2-7-13-11-3-5-12-6-4-11/h3-6,8-9H,2,7H2,1H3,(H,12,13). The molecule has 4 heteroatoms. The zero-order chi connectivity index (χ0) is 10.5. The molecule has 2 rings (SSSR count). The first-order chi connectivity index (χ1) is 7.34. The van der Waals surface area contributed by atoms with Crippen LogP contribution in [0.15, 0.2) is 36.9 Å². The summed E-state index contributed by atoms with van der Waals surface area (Å²) in [5, 5.41) is 7.45. The molecule has 0 bridgehead atoms. The van der Waals surface area contributed by atoms with Crippen LogP contribution in [-0.2, 0) is 13.5 Å². The van der Waals surface area contributed by atoms with Crippen molar-refractivity contribution in [2.45, 2.75) is 6.42 Å². The second-order valence-corrected chi connectivity index (χ2v) is 3.43. The van der Waals surface area contributed by atoms with Gasteiger partial charge in [0.15, 0.2) is 0 Å². The molecule has 2 heterocycles. The third-order valence-electron chi connectivity index (χ3n) is 2.18. The van der Waals surface area contributed by atoms with E-state index in [4.69, 9.17) is 0 Å². The van der Waals surface area contributed by atoms with Gasteiger partial charge in [-0.15, -0.1) is 0 Å². The molecule has 0 spiro atoms. The van der Waals surface area contributed by atoms with Gasteiger partial charge in [0.1, 0.15) is 0 Å². The fourth-order valence-corrected chi connectivity index (χ4v) is 1.42. The van der Waals surface area contributed by atoms with E-state index in [1.165, 1.54) is 5.56 Å². The first kappa shape index (κ1) is 9.71. The second kappa shape index (κ2) is 4.59. The number of rotatable bonds is 4. The van der Waals surface area contributed by atoms with Crippen LogP contribution >= 0.6 is 0 Å². The van der Waals surface area contributed by atoms with Gasteiger partial charge in [0.2, 0.25) is 0 Å². The molecule has 0 atom stereocenters. The number of hydrogen-bond donors (Lipinski definition) is 1. The van der Waals surface area contributed by atoms with Gasteiger partial charge in [0.05, 0.1) is 6.20 Å². The number of nitrogens with one attached hydrogen (secondary N) is 1. The van der Waals surface area contributed by atoms with Crippen molar-refractivity contribution in [2.75, 3.05) is 11.9 Å². The zero-order valence-electron chi connectivity index (χ0n) is 8.72. The van der Waals surface area contributed by atoms with Crippen molar-refractivity contribution in [3.05, 3.63) is 42.5 Å². The molecule has 2 aromatic heterocycles. The van der Waals surface area contributed by atoms with E-state index in [1.54, 1.807) is 12.4 Å². The molecule has 15 heavy (non-hydrogen) atoms. The minimum absolute atomic E-state index is 0.912. The number of pyridine rings is 1. The fraction of sp³-hybridized carbons (Fsp3) is 0.273. The van der Waals surface area contributed by atoms with E-state index >= 15 is 0 Å². The predicted octanol–water partition coefficient (Wildman–Crippen LogP) is 1.47. The van der Waals surface area contributed by atoms with Crippen molar-refractivity contribution in [1.82, 2.24) is 14.8 Å². The van der Waals surface area contributed by atoms with Gasteiger partial charge in [-0.3, -0.25) is 9.67 Å². The molecule has 0 aromatic carbocycles. The van der Waals surface area contributed by atoms with Crippen LogP contribution < -0.4 is 5.32 Å². The lowest BCUT2D eigenvalue weighted by Crippen LogP contribution is -2.04. The first-order valence-corrected chi connectivity index (χ1v) is 4.96. The number of aromatic nitrogens is 3. The molecule has 78 valence electrons. The molecule has 0 fully saturated rings. The van der Waals surface area contributed by atoms with Crippen LogP contribution in [0, 0.1) is 0 Å². The van der Waals surface area contributed by atoms with Crippen LogP contribution in [0.5, 0.6) is 0 Å². The molecule has 2 aromatic rings. The molecule has 0 aliphatic rings. The summed E-state index contributed by atoms with van der Waals surface area (Å²) in [6.45, 7) is 0.912. The number of hydrogen-bond acceptors (Lipinski definition) is 3. The highest BCUT2D eigenvalue weighted by Gasteiger charge is 1.95. The molecular formula is C11H14N4. The number of nitrogens with zero attached hydrogens (tertiary/aromatic N) is 3. The van der Waals surface area contributed by atoms with Crippen LogP contribution in [0.2, 0.25) is 0 Å². The lowest BCUT2D eigenvalue weighted by atomic mass is 10.2. The topological polar surface area (TPSA) is 42.7 Å². The summed E-state index contributed by atoms with van der Waals surface area (Å²) in [6, 6.07) is 3.92. The van der Waals surface area contributed by atoms with E-state index < -0.39 is 0 Å². The Morgan fingerprint density at radius 2 is 2.13 bits per heavy atom. The lowest BCUT2D eigenvalue weighted by Gasteiger charge is -2.03. The summed E-state index contributed by atoms with van der Waals surface area (Å²) in [6.07, 6.45) is 8.48.